The summed E-state index contributed by atoms with van der Waals surface area (Å²) in [6, 6.07) is 7.67. The molecule has 5 nitrogen and oxygen atoms in total. The Labute approximate surface area is 102 Å². The highest BCUT2D eigenvalue weighted by molar-refractivity contribution is 6.29. The van der Waals surface area contributed by atoms with Crippen LogP contribution >= 0.6 is 11.6 Å². The predicted octanol–water partition coefficient (Wildman–Crippen LogP) is 3.01. The molecule has 0 unspecified atom stereocenters. The first-order chi connectivity index (χ1) is 8.06. The average Bonchev–Trinajstić information content (AvgIpc) is 2.28. The van der Waals surface area contributed by atoms with Gasteiger partial charge < -0.3 is 0 Å². The van der Waals surface area contributed by atoms with Gasteiger partial charge in [0.15, 0.2) is 5.82 Å². The molecular weight excluding hydrogens is 242 g/mol. The van der Waals surface area contributed by atoms with E-state index < -0.39 is 4.92 Å². The summed E-state index contributed by atoms with van der Waals surface area (Å²) >= 11 is 5.82. The van der Waals surface area contributed by atoms with Crippen LogP contribution in [0.2, 0.25) is 5.15 Å². The first-order valence-corrected chi connectivity index (χ1v) is 5.20. The molecule has 0 aliphatic heterocycles. The Hall–Kier alpha value is -2.01. The van der Waals surface area contributed by atoms with Crippen molar-refractivity contribution in [1.82, 2.24) is 9.97 Å². The van der Waals surface area contributed by atoms with Crippen LogP contribution in [0.4, 0.5) is 5.69 Å². The van der Waals surface area contributed by atoms with Crippen molar-refractivity contribution in [2.45, 2.75) is 6.92 Å². The van der Waals surface area contributed by atoms with E-state index in [9.17, 15) is 10.1 Å². The Kier molecular flexibility index (Phi) is 3.01. The molecule has 0 aliphatic rings. The minimum Gasteiger partial charge on any atom is -0.258 e. The quantitative estimate of drug-likeness (QED) is 0.466. The molecule has 0 N–H and O–H groups in total. The van der Waals surface area contributed by atoms with Crippen molar-refractivity contribution >= 4 is 17.3 Å². The van der Waals surface area contributed by atoms with Gasteiger partial charge in [-0.25, -0.2) is 9.97 Å². The topological polar surface area (TPSA) is 68.9 Å². The van der Waals surface area contributed by atoms with Gasteiger partial charge in [0.2, 0.25) is 0 Å². The van der Waals surface area contributed by atoms with Crippen LogP contribution in [0.3, 0.4) is 0 Å². The van der Waals surface area contributed by atoms with Gasteiger partial charge in [-0.3, -0.25) is 10.1 Å². The van der Waals surface area contributed by atoms with Crippen LogP contribution in [0.15, 0.2) is 30.3 Å². The maximum atomic E-state index is 10.5. The van der Waals surface area contributed by atoms with E-state index in [4.69, 9.17) is 11.6 Å². The molecule has 1 aromatic carbocycles. The first-order valence-electron chi connectivity index (χ1n) is 4.82. The van der Waals surface area contributed by atoms with Crippen molar-refractivity contribution in [2.75, 3.05) is 0 Å². The number of hydrogen-bond acceptors (Lipinski definition) is 4. The second-order valence-corrected chi connectivity index (χ2v) is 3.85. The third kappa shape index (κ3) is 2.57. The van der Waals surface area contributed by atoms with Crippen molar-refractivity contribution in [2.24, 2.45) is 0 Å². The van der Waals surface area contributed by atoms with Crippen LogP contribution in [-0.4, -0.2) is 14.9 Å². The van der Waals surface area contributed by atoms with Crippen LogP contribution in [0.25, 0.3) is 11.4 Å². The lowest BCUT2D eigenvalue weighted by Crippen LogP contribution is -1.93. The van der Waals surface area contributed by atoms with E-state index in [1.807, 2.05) is 6.92 Å². The number of rotatable bonds is 2. The Bertz CT molecular complexity index is 549. The maximum absolute atomic E-state index is 10.5. The number of halogens is 1. The predicted molar refractivity (Wildman–Crippen MR) is 63.9 cm³/mol. The summed E-state index contributed by atoms with van der Waals surface area (Å²) in [5.41, 5.74) is 1.48. The minimum absolute atomic E-state index is 0.0347. The molecule has 0 bridgehead atoms. The zero-order valence-electron chi connectivity index (χ0n) is 8.92. The summed E-state index contributed by atoms with van der Waals surface area (Å²) in [7, 11) is 0. The fraction of sp³-hybridized carbons (Fsp3) is 0.0909. The van der Waals surface area contributed by atoms with E-state index in [0.717, 1.165) is 5.69 Å². The molecule has 17 heavy (non-hydrogen) atoms. The Morgan fingerprint density at radius 3 is 2.41 bits per heavy atom. The number of aryl methyl sites for hydroxylation is 1. The van der Waals surface area contributed by atoms with Gasteiger partial charge in [0, 0.05) is 23.4 Å². The van der Waals surface area contributed by atoms with E-state index in [2.05, 4.69) is 9.97 Å². The van der Waals surface area contributed by atoms with Crippen molar-refractivity contribution in [3.05, 3.63) is 51.3 Å². The summed E-state index contributed by atoms with van der Waals surface area (Å²) in [5.74, 6) is 0.463. The van der Waals surface area contributed by atoms with Crippen LogP contribution in [-0.2, 0) is 0 Å². The van der Waals surface area contributed by atoms with E-state index in [1.54, 1.807) is 18.2 Å². The minimum atomic E-state index is -0.451. The number of benzene rings is 1. The second kappa shape index (κ2) is 4.47. The maximum Gasteiger partial charge on any atom is 0.269 e. The number of nitro benzene ring substituents is 1. The summed E-state index contributed by atoms with van der Waals surface area (Å²) in [4.78, 5) is 18.3. The lowest BCUT2D eigenvalue weighted by molar-refractivity contribution is -0.384. The molecule has 2 rings (SSSR count). The number of non-ortho nitro benzene ring substituents is 1. The largest absolute Gasteiger partial charge is 0.269 e. The fourth-order valence-electron chi connectivity index (χ4n) is 1.39. The van der Waals surface area contributed by atoms with E-state index in [1.165, 1.54) is 12.1 Å². The highest BCUT2D eigenvalue weighted by Gasteiger charge is 2.07. The Morgan fingerprint density at radius 1 is 1.24 bits per heavy atom. The summed E-state index contributed by atoms with van der Waals surface area (Å²) in [6.45, 7) is 1.81. The third-order valence-electron chi connectivity index (χ3n) is 2.16. The summed E-state index contributed by atoms with van der Waals surface area (Å²) in [5, 5.41) is 10.9. The smallest absolute Gasteiger partial charge is 0.258 e. The molecule has 1 aromatic heterocycles. The van der Waals surface area contributed by atoms with Gasteiger partial charge in [-0.05, 0) is 25.1 Å². The summed E-state index contributed by atoms with van der Waals surface area (Å²) in [6.07, 6.45) is 0. The number of aromatic nitrogens is 2. The number of nitro groups is 1. The lowest BCUT2D eigenvalue weighted by atomic mass is 10.2. The van der Waals surface area contributed by atoms with Crippen LogP contribution in [0.1, 0.15) is 5.69 Å². The summed E-state index contributed by atoms with van der Waals surface area (Å²) < 4.78 is 0. The molecule has 6 heteroatoms. The van der Waals surface area contributed by atoms with Crippen molar-refractivity contribution in [3.63, 3.8) is 0 Å². The molecule has 2 aromatic rings. The molecule has 0 radical (unpaired) electrons. The standard InChI is InChI=1S/C11H8ClN3O2/c1-7-6-10(12)14-11(13-7)8-2-4-9(5-3-8)15(16)17/h2-6H,1H3. The van der Waals surface area contributed by atoms with Crippen LogP contribution < -0.4 is 0 Å². The second-order valence-electron chi connectivity index (χ2n) is 3.46. The fourth-order valence-corrected chi connectivity index (χ4v) is 1.63. The average molecular weight is 250 g/mol. The van der Waals surface area contributed by atoms with Gasteiger partial charge in [0.1, 0.15) is 5.15 Å². The molecule has 0 amide bonds. The van der Waals surface area contributed by atoms with Gasteiger partial charge in [0.05, 0.1) is 4.92 Å². The highest BCUT2D eigenvalue weighted by Crippen LogP contribution is 2.20. The van der Waals surface area contributed by atoms with Crippen LogP contribution in [0.5, 0.6) is 0 Å². The molecule has 0 atom stereocenters. The van der Waals surface area contributed by atoms with Gasteiger partial charge >= 0.3 is 0 Å². The van der Waals surface area contributed by atoms with Crippen LogP contribution in [0, 0.1) is 17.0 Å². The number of nitrogens with zero attached hydrogens (tertiary/aromatic N) is 3. The van der Waals surface area contributed by atoms with Gasteiger partial charge in [-0.1, -0.05) is 11.6 Å². The lowest BCUT2D eigenvalue weighted by Gasteiger charge is -2.01. The van der Waals surface area contributed by atoms with Gasteiger partial charge in [0.25, 0.3) is 5.69 Å². The van der Waals surface area contributed by atoms with E-state index in [-0.39, 0.29) is 5.69 Å². The van der Waals surface area contributed by atoms with Gasteiger partial charge in [-0.15, -0.1) is 0 Å². The molecule has 1 heterocycles. The van der Waals surface area contributed by atoms with Crippen molar-refractivity contribution in [3.8, 4) is 11.4 Å². The molecule has 0 aliphatic carbocycles. The molecular formula is C11H8ClN3O2. The molecule has 0 saturated carbocycles. The number of hydrogen-bond donors (Lipinski definition) is 0. The Morgan fingerprint density at radius 2 is 1.88 bits per heavy atom. The molecule has 0 fully saturated rings. The molecule has 86 valence electrons. The molecule has 0 spiro atoms. The van der Waals surface area contributed by atoms with E-state index in [0.29, 0.717) is 16.5 Å². The monoisotopic (exact) mass is 249 g/mol. The molecule has 0 saturated heterocycles. The first kappa shape index (κ1) is 11.5. The highest BCUT2D eigenvalue weighted by atomic mass is 35.5. The van der Waals surface area contributed by atoms with Gasteiger partial charge in [-0.2, -0.15) is 0 Å². The SMILES string of the molecule is Cc1cc(Cl)nc(-c2ccc([N+](=O)[O-])cc2)n1. The third-order valence-corrected chi connectivity index (χ3v) is 2.35. The Balaban J connectivity index is 2.43. The zero-order valence-corrected chi connectivity index (χ0v) is 9.68. The van der Waals surface area contributed by atoms with E-state index >= 15 is 0 Å². The zero-order chi connectivity index (χ0) is 12.4. The van der Waals surface area contributed by atoms with Crippen molar-refractivity contribution in [1.29, 1.82) is 0 Å². The normalized spacial score (nSPS) is 10.2. The van der Waals surface area contributed by atoms with Crippen molar-refractivity contribution < 1.29 is 4.92 Å².